The zero-order valence-electron chi connectivity index (χ0n) is 16.8. The molecule has 0 aliphatic carbocycles. The maximum atomic E-state index is 5.52. The van der Waals surface area contributed by atoms with Gasteiger partial charge in [-0.2, -0.15) is 0 Å². The molecular weight excluding hydrogens is 356 g/mol. The normalized spacial score (nSPS) is 14.2. The Morgan fingerprint density at radius 1 is 0.862 bits per heavy atom. The van der Waals surface area contributed by atoms with E-state index in [-0.39, 0.29) is 0 Å². The van der Waals surface area contributed by atoms with Gasteiger partial charge in [0.2, 0.25) is 0 Å². The summed E-state index contributed by atoms with van der Waals surface area (Å²) < 4.78 is 5.52. The molecule has 1 N–H and O–H groups in total. The SMILES string of the molecule is Cc1cccc(-c2nc(-c3ccc4cc(C)ccc4c3)[nH]c2C2=CCOCC2)c1. The van der Waals surface area contributed by atoms with Crippen LogP contribution in [0.1, 0.15) is 23.2 Å². The largest absolute Gasteiger partial charge is 0.377 e. The van der Waals surface area contributed by atoms with Crippen LogP contribution in [0.15, 0.2) is 66.7 Å². The number of imidazole rings is 1. The molecule has 0 unspecified atom stereocenters. The summed E-state index contributed by atoms with van der Waals surface area (Å²) in [6.45, 7) is 5.66. The summed E-state index contributed by atoms with van der Waals surface area (Å²) in [6, 6.07) is 21.7. The summed E-state index contributed by atoms with van der Waals surface area (Å²) in [4.78, 5) is 8.68. The van der Waals surface area contributed by atoms with E-state index < -0.39 is 0 Å². The first-order valence-corrected chi connectivity index (χ1v) is 10.1. The number of ether oxygens (including phenoxy) is 1. The summed E-state index contributed by atoms with van der Waals surface area (Å²) in [5.41, 5.74) is 8.17. The highest BCUT2D eigenvalue weighted by Gasteiger charge is 2.18. The highest BCUT2D eigenvalue weighted by atomic mass is 16.5. The van der Waals surface area contributed by atoms with Gasteiger partial charge in [-0.05, 0) is 48.7 Å². The molecule has 4 aromatic rings. The number of fused-ring (bicyclic) bond motifs is 1. The summed E-state index contributed by atoms with van der Waals surface area (Å²) in [5.74, 6) is 0.909. The van der Waals surface area contributed by atoms with Crippen LogP contribution in [0.25, 0.3) is 39.0 Å². The lowest BCUT2D eigenvalue weighted by Gasteiger charge is -2.13. The van der Waals surface area contributed by atoms with E-state index in [1.165, 1.54) is 27.5 Å². The highest BCUT2D eigenvalue weighted by molar-refractivity contribution is 5.88. The smallest absolute Gasteiger partial charge is 0.138 e. The molecule has 0 saturated carbocycles. The predicted molar refractivity (Wildman–Crippen MR) is 120 cm³/mol. The van der Waals surface area contributed by atoms with E-state index in [9.17, 15) is 0 Å². The molecular formula is C26H24N2O. The van der Waals surface area contributed by atoms with E-state index in [4.69, 9.17) is 9.72 Å². The number of benzene rings is 3. The quantitative estimate of drug-likeness (QED) is 0.452. The van der Waals surface area contributed by atoms with E-state index in [1.54, 1.807) is 0 Å². The minimum atomic E-state index is 0.659. The van der Waals surface area contributed by atoms with Crippen molar-refractivity contribution in [1.29, 1.82) is 0 Å². The lowest BCUT2D eigenvalue weighted by atomic mass is 10.0. The topological polar surface area (TPSA) is 37.9 Å². The second-order valence-electron chi connectivity index (χ2n) is 7.80. The second-order valence-corrected chi connectivity index (χ2v) is 7.80. The first-order valence-electron chi connectivity index (χ1n) is 10.1. The van der Waals surface area contributed by atoms with Crippen LogP contribution < -0.4 is 0 Å². The third-order valence-corrected chi connectivity index (χ3v) is 5.55. The average molecular weight is 380 g/mol. The van der Waals surface area contributed by atoms with Gasteiger partial charge in [-0.15, -0.1) is 0 Å². The van der Waals surface area contributed by atoms with Gasteiger partial charge >= 0.3 is 0 Å². The number of aryl methyl sites for hydroxylation is 2. The molecule has 0 bridgehead atoms. The molecule has 0 radical (unpaired) electrons. The van der Waals surface area contributed by atoms with Crippen molar-refractivity contribution in [3.8, 4) is 22.6 Å². The van der Waals surface area contributed by atoms with Crippen molar-refractivity contribution in [3.63, 3.8) is 0 Å². The van der Waals surface area contributed by atoms with Gasteiger partial charge in [-0.1, -0.05) is 65.7 Å². The number of rotatable bonds is 3. The van der Waals surface area contributed by atoms with Crippen LogP contribution >= 0.6 is 0 Å². The highest BCUT2D eigenvalue weighted by Crippen LogP contribution is 2.34. The van der Waals surface area contributed by atoms with Crippen molar-refractivity contribution >= 4 is 16.3 Å². The Bertz CT molecular complexity index is 1230. The number of aromatic nitrogens is 2. The van der Waals surface area contributed by atoms with Gasteiger partial charge in [0, 0.05) is 11.1 Å². The fraction of sp³-hybridized carbons (Fsp3) is 0.192. The van der Waals surface area contributed by atoms with Gasteiger partial charge in [0.05, 0.1) is 24.6 Å². The third-order valence-electron chi connectivity index (χ3n) is 5.55. The van der Waals surface area contributed by atoms with Gasteiger partial charge < -0.3 is 9.72 Å². The van der Waals surface area contributed by atoms with E-state index in [0.29, 0.717) is 6.61 Å². The Hall–Kier alpha value is -3.17. The molecule has 29 heavy (non-hydrogen) atoms. The van der Waals surface area contributed by atoms with Crippen molar-refractivity contribution in [2.45, 2.75) is 20.3 Å². The standard InChI is InChI=1S/C26H24N2O/c1-17-4-3-5-22(15-17)25-24(19-10-12-29-13-11-19)27-26(28-25)23-9-8-20-14-18(2)6-7-21(20)16-23/h3-10,14-16H,11-13H2,1-2H3,(H,27,28). The van der Waals surface area contributed by atoms with Gasteiger partial charge in [-0.3, -0.25) is 0 Å². The lowest BCUT2D eigenvalue weighted by Crippen LogP contribution is -2.04. The molecule has 0 atom stereocenters. The molecule has 1 aliphatic rings. The minimum Gasteiger partial charge on any atom is -0.377 e. The Morgan fingerprint density at radius 3 is 2.52 bits per heavy atom. The number of hydrogen-bond donors (Lipinski definition) is 1. The second kappa shape index (κ2) is 7.34. The van der Waals surface area contributed by atoms with Crippen LogP contribution in [-0.4, -0.2) is 23.2 Å². The van der Waals surface area contributed by atoms with Gasteiger partial charge in [-0.25, -0.2) is 4.98 Å². The van der Waals surface area contributed by atoms with Crippen molar-refractivity contribution < 1.29 is 4.74 Å². The maximum Gasteiger partial charge on any atom is 0.138 e. The molecule has 144 valence electrons. The molecule has 0 fully saturated rings. The first-order chi connectivity index (χ1) is 14.2. The number of nitrogens with zero attached hydrogens (tertiary/aromatic N) is 1. The first kappa shape index (κ1) is 17.9. The summed E-state index contributed by atoms with van der Waals surface area (Å²) in [6.07, 6.45) is 3.07. The zero-order valence-corrected chi connectivity index (χ0v) is 16.8. The van der Waals surface area contributed by atoms with E-state index in [2.05, 4.69) is 85.6 Å². The molecule has 0 amide bonds. The van der Waals surface area contributed by atoms with E-state index in [1.807, 2.05) is 0 Å². The van der Waals surface area contributed by atoms with Crippen LogP contribution in [0.3, 0.4) is 0 Å². The Kier molecular flexibility index (Phi) is 4.53. The number of aromatic amines is 1. The molecule has 2 heterocycles. The number of hydrogen-bond acceptors (Lipinski definition) is 2. The summed E-state index contributed by atoms with van der Waals surface area (Å²) in [7, 11) is 0. The fourth-order valence-corrected chi connectivity index (χ4v) is 4.01. The van der Waals surface area contributed by atoms with Crippen LogP contribution in [0.4, 0.5) is 0 Å². The Balaban J connectivity index is 1.66. The zero-order chi connectivity index (χ0) is 19.8. The summed E-state index contributed by atoms with van der Waals surface area (Å²) >= 11 is 0. The Labute approximate surface area is 171 Å². The lowest BCUT2D eigenvalue weighted by molar-refractivity contribution is 0.161. The van der Waals surface area contributed by atoms with Gasteiger partial charge in [0.1, 0.15) is 5.82 Å². The van der Waals surface area contributed by atoms with Crippen LogP contribution in [0.5, 0.6) is 0 Å². The van der Waals surface area contributed by atoms with Crippen molar-refractivity contribution in [1.82, 2.24) is 9.97 Å². The average Bonchev–Trinajstić information content (AvgIpc) is 3.19. The Morgan fingerprint density at radius 2 is 1.69 bits per heavy atom. The molecule has 0 saturated heterocycles. The molecule has 3 aromatic carbocycles. The van der Waals surface area contributed by atoms with Crippen molar-refractivity contribution in [2.75, 3.05) is 13.2 Å². The van der Waals surface area contributed by atoms with Gasteiger partial charge in [0.25, 0.3) is 0 Å². The fourth-order valence-electron chi connectivity index (χ4n) is 4.01. The molecule has 1 aromatic heterocycles. The molecule has 3 heteroatoms. The summed E-state index contributed by atoms with van der Waals surface area (Å²) in [5, 5.41) is 2.49. The number of H-pyrrole nitrogens is 1. The molecule has 5 rings (SSSR count). The van der Waals surface area contributed by atoms with Crippen LogP contribution in [0.2, 0.25) is 0 Å². The molecule has 3 nitrogen and oxygen atoms in total. The van der Waals surface area contributed by atoms with E-state index in [0.717, 1.165) is 41.4 Å². The van der Waals surface area contributed by atoms with Crippen molar-refractivity contribution in [2.24, 2.45) is 0 Å². The monoisotopic (exact) mass is 380 g/mol. The number of nitrogens with one attached hydrogen (secondary N) is 1. The van der Waals surface area contributed by atoms with Gasteiger partial charge in [0.15, 0.2) is 0 Å². The maximum absolute atomic E-state index is 5.52. The predicted octanol–water partition coefficient (Wildman–Crippen LogP) is 6.32. The minimum absolute atomic E-state index is 0.659. The third kappa shape index (κ3) is 3.50. The van der Waals surface area contributed by atoms with Crippen molar-refractivity contribution in [3.05, 3.63) is 83.6 Å². The van der Waals surface area contributed by atoms with Crippen LogP contribution in [0, 0.1) is 13.8 Å². The molecule has 1 aliphatic heterocycles. The van der Waals surface area contributed by atoms with Crippen LogP contribution in [-0.2, 0) is 4.74 Å². The molecule has 0 spiro atoms. The van der Waals surface area contributed by atoms with E-state index >= 15 is 0 Å².